The van der Waals surface area contributed by atoms with Crippen LogP contribution in [0.3, 0.4) is 0 Å². The fourth-order valence-corrected chi connectivity index (χ4v) is 8.38. The molecule has 0 radical (unpaired) electrons. The fourth-order valence-electron chi connectivity index (χ4n) is 8.38. The summed E-state index contributed by atoms with van der Waals surface area (Å²) in [6.07, 6.45) is 9.20. The number of hydrogen-bond donors (Lipinski definition) is 1. The molecule has 7 nitrogen and oxygen atoms in total. The van der Waals surface area contributed by atoms with Crippen molar-refractivity contribution in [3.8, 4) is 23.5 Å². The number of aromatic nitrogens is 4. The molecule has 5 aromatic rings. The zero-order valence-corrected chi connectivity index (χ0v) is 27.8. The lowest BCUT2D eigenvalue weighted by Gasteiger charge is -2.34. The van der Waals surface area contributed by atoms with Gasteiger partial charge in [-0.3, -0.25) is 4.68 Å². The van der Waals surface area contributed by atoms with Gasteiger partial charge in [-0.05, 0) is 68.2 Å². The molecule has 3 saturated heterocycles. The van der Waals surface area contributed by atoms with E-state index in [1.165, 1.54) is 6.07 Å². The molecule has 0 aliphatic carbocycles. The molecule has 5 heterocycles. The highest BCUT2D eigenvalue weighted by molar-refractivity contribution is 6.18. The summed E-state index contributed by atoms with van der Waals surface area (Å²) in [5, 5.41) is 10.8. The Morgan fingerprint density at radius 1 is 1.02 bits per heavy atom. The van der Waals surface area contributed by atoms with Crippen LogP contribution in [0.15, 0.2) is 42.1 Å². The van der Waals surface area contributed by atoms with Crippen molar-refractivity contribution in [2.45, 2.75) is 51.1 Å². The molecular formula is C38H37F4N7. The van der Waals surface area contributed by atoms with E-state index in [4.69, 9.17) is 21.5 Å². The molecule has 3 aliphatic rings. The van der Waals surface area contributed by atoms with Crippen LogP contribution in [0, 0.1) is 36.8 Å². The van der Waals surface area contributed by atoms with Crippen LogP contribution in [-0.2, 0) is 13.5 Å². The van der Waals surface area contributed by atoms with E-state index < -0.39 is 17.7 Å². The Morgan fingerprint density at radius 3 is 2.53 bits per heavy atom. The fraction of sp³-hybridized carbons (Fsp3) is 0.395. The maximum Gasteiger partial charge on any atom is 0.269 e. The smallest absolute Gasteiger partial charge is 0.269 e. The van der Waals surface area contributed by atoms with Crippen LogP contribution in [0.4, 0.5) is 23.4 Å². The third-order valence-electron chi connectivity index (χ3n) is 10.6. The van der Waals surface area contributed by atoms with Crippen molar-refractivity contribution in [3.63, 3.8) is 0 Å². The van der Waals surface area contributed by atoms with E-state index >= 15 is 8.78 Å². The minimum atomic E-state index is -1.61. The Labute approximate surface area is 282 Å². The number of anilines is 1. The molecule has 3 unspecified atom stereocenters. The molecule has 252 valence electrons. The van der Waals surface area contributed by atoms with E-state index in [1.54, 1.807) is 17.8 Å². The van der Waals surface area contributed by atoms with E-state index in [-0.39, 0.29) is 40.2 Å². The highest BCUT2D eigenvalue weighted by Crippen LogP contribution is 2.44. The second-order valence-electron chi connectivity index (χ2n) is 14.0. The van der Waals surface area contributed by atoms with Crippen LogP contribution in [0.1, 0.15) is 42.6 Å². The summed E-state index contributed by atoms with van der Waals surface area (Å²) in [7, 11) is 3.72. The summed E-state index contributed by atoms with van der Waals surface area (Å²) >= 11 is 0. The number of likely N-dealkylation sites (tertiary alicyclic amines) is 1. The summed E-state index contributed by atoms with van der Waals surface area (Å²) in [6, 6.07) is 7.27. The van der Waals surface area contributed by atoms with Crippen LogP contribution < -0.4 is 10.2 Å². The average molecular weight is 668 g/mol. The number of nitrogens with zero attached hydrogens (tertiary/aromatic N) is 6. The lowest BCUT2D eigenvalue weighted by molar-refractivity contribution is 0.235. The van der Waals surface area contributed by atoms with Gasteiger partial charge in [-0.25, -0.2) is 18.7 Å². The number of benzene rings is 3. The van der Waals surface area contributed by atoms with E-state index in [1.807, 2.05) is 32.3 Å². The predicted molar refractivity (Wildman–Crippen MR) is 185 cm³/mol. The zero-order valence-electron chi connectivity index (χ0n) is 27.8. The predicted octanol–water partition coefficient (Wildman–Crippen LogP) is 6.88. The van der Waals surface area contributed by atoms with Gasteiger partial charge >= 0.3 is 0 Å². The van der Waals surface area contributed by atoms with Crippen LogP contribution in [0.2, 0.25) is 0 Å². The number of fused-ring (bicyclic) bond motifs is 6. The summed E-state index contributed by atoms with van der Waals surface area (Å²) < 4.78 is 62.3. The first kappa shape index (κ1) is 31.7. The van der Waals surface area contributed by atoms with Crippen molar-refractivity contribution in [1.29, 1.82) is 0 Å². The number of aryl methyl sites for hydroxylation is 3. The standard InChI is InChI=1S/C38H37F4N7/c1-5-25-29(39)10-6-21-14-20(2)15-27(31(21)25)32-34(40)36-33(28-19-48(4)46-35(28)32)38(49-17-23-8-9-24(18-49)43-23)45-30(44-36)11-7-22-16-47(3)13-12-26(22)37(41)42/h1,6,10,14-15,19,22-24,43H,7-9,11-13,16-18H2,2-4H3. The molecule has 8 rings (SSSR count). The molecule has 2 aromatic heterocycles. The first-order chi connectivity index (χ1) is 23.6. The maximum absolute atomic E-state index is 17.6. The van der Waals surface area contributed by atoms with Gasteiger partial charge in [0.15, 0.2) is 5.82 Å². The molecule has 0 amide bonds. The van der Waals surface area contributed by atoms with Gasteiger partial charge in [0, 0.05) is 79.8 Å². The van der Waals surface area contributed by atoms with Crippen molar-refractivity contribution in [2.75, 3.05) is 38.1 Å². The number of piperidine rings is 1. The van der Waals surface area contributed by atoms with Crippen molar-refractivity contribution >= 4 is 38.4 Å². The molecule has 0 spiro atoms. The highest BCUT2D eigenvalue weighted by Gasteiger charge is 2.35. The Balaban J connectivity index is 1.38. The third kappa shape index (κ3) is 5.42. The van der Waals surface area contributed by atoms with Gasteiger partial charge in [0.1, 0.15) is 28.5 Å². The number of rotatable bonds is 5. The van der Waals surface area contributed by atoms with Crippen molar-refractivity contribution in [1.82, 2.24) is 30.0 Å². The van der Waals surface area contributed by atoms with Crippen molar-refractivity contribution in [3.05, 3.63) is 70.7 Å². The SMILES string of the molecule is C#Cc1c(F)ccc2cc(C)cc(-c3c(F)c4nc(CCC5CN(C)CCC5=C(F)F)nc(N5CC6CCC(C5)N6)c4c4cn(C)nc34)c12. The second-order valence-corrected chi connectivity index (χ2v) is 14.0. The van der Waals surface area contributed by atoms with Crippen molar-refractivity contribution in [2.24, 2.45) is 13.0 Å². The molecule has 2 bridgehead atoms. The molecular weight excluding hydrogens is 630 g/mol. The van der Waals surface area contributed by atoms with Gasteiger partial charge in [-0.2, -0.15) is 13.9 Å². The quantitative estimate of drug-likeness (QED) is 0.163. The number of piperazine rings is 1. The second kappa shape index (κ2) is 12.1. The van der Waals surface area contributed by atoms with Crippen LogP contribution in [-0.4, -0.2) is 70.0 Å². The topological polar surface area (TPSA) is 62.1 Å². The van der Waals surface area contributed by atoms with Gasteiger partial charge in [-0.1, -0.05) is 24.1 Å². The molecule has 0 saturated carbocycles. The van der Waals surface area contributed by atoms with Crippen LogP contribution in [0.5, 0.6) is 0 Å². The van der Waals surface area contributed by atoms with Crippen LogP contribution in [0.25, 0.3) is 43.7 Å². The molecule has 11 heteroatoms. The van der Waals surface area contributed by atoms with E-state index in [9.17, 15) is 8.78 Å². The third-order valence-corrected chi connectivity index (χ3v) is 10.6. The molecule has 3 fully saturated rings. The minimum Gasteiger partial charge on any atom is -0.353 e. The summed E-state index contributed by atoms with van der Waals surface area (Å²) in [5.41, 5.74) is 2.24. The first-order valence-corrected chi connectivity index (χ1v) is 16.9. The maximum atomic E-state index is 17.6. The lowest BCUT2D eigenvalue weighted by Crippen LogP contribution is -2.51. The normalized spacial score (nSPS) is 21.3. The number of nitrogens with one attached hydrogen (secondary N) is 1. The van der Waals surface area contributed by atoms with Gasteiger partial charge in [0.05, 0.1) is 10.9 Å². The van der Waals surface area contributed by atoms with Gasteiger partial charge in [0.25, 0.3) is 6.08 Å². The van der Waals surface area contributed by atoms with Gasteiger partial charge in [0.2, 0.25) is 0 Å². The Hall–Kier alpha value is -4.53. The van der Waals surface area contributed by atoms with Gasteiger partial charge < -0.3 is 15.1 Å². The summed E-state index contributed by atoms with van der Waals surface area (Å²) in [6.45, 7) is 4.40. The van der Waals surface area contributed by atoms with E-state index in [0.717, 1.165) is 18.4 Å². The monoisotopic (exact) mass is 667 g/mol. The van der Waals surface area contributed by atoms with E-state index in [2.05, 4.69) is 21.0 Å². The zero-order chi connectivity index (χ0) is 34.1. The number of halogens is 4. The Bertz CT molecular complexity index is 2220. The lowest BCUT2D eigenvalue weighted by atomic mass is 9.88. The van der Waals surface area contributed by atoms with Crippen molar-refractivity contribution < 1.29 is 17.6 Å². The summed E-state index contributed by atoms with van der Waals surface area (Å²) in [4.78, 5) is 14.2. The molecule has 49 heavy (non-hydrogen) atoms. The molecule has 1 N–H and O–H groups in total. The van der Waals surface area contributed by atoms with E-state index in [0.29, 0.717) is 89.7 Å². The highest BCUT2D eigenvalue weighted by atomic mass is 19.3. The molecule has 3 atom stereocenters. The Morgan fingerprint density at radius 2 is 1.80 bits per heavy atom. The number of hydrogen-bond acceptors (Lipinski definition) is 6. The van der Waals surface area contributed by atoms with Gasteiger partial charge in [-0.15, -0.1) is 6.42 Å². The minimum absolute atomic E-state index is 0.0536. The molecule has 3 aromatic carbocycles. The number of terminal acetylenes is 1. The largest absolute Gasteiger partial charge is 0.353 e. The Kier molecular flexibility index (Phi) is 7.84. The summed E-state index contributed by atoms with van der Waals surface area (Å²) in [5.74, 6) is 2.01. The van der Waals surface area contributed by atoms with Crippen LogP contribution >= 0.6 is 0 Å². The average Bonchev–Trinajstić information content (AvgIpc) is 3.63. The molecule has 3 aliphatic heterocycles. The first-order valence-electron chi connectivity index (χ1n) is 16.9.